The van der Waals surface area contributed by atoms with E-state index >= 15 is 0 Å². The summed E-state index contributed by atoms with van der Waals surface area (Å²) in [5.41, 5.74) is 2.08. The fourth-order valence-corrected chi connectivity index (χ4v) is 1.96. The van der Waals surface area contributed by atoms with Crippen molar-refractivity contribution in [2.75, 3.05) is 6.61 Å². The van der Waals surface area contributed by atoms with Gasteiger partial charge in [-0.2, -0.15) is 0 Å². The van der Waals surface area contributed by atoms with Gasteiger partial charge in [-0.25, -0.2) is 0 Å². The highest BCUT2D eigenvalue weighted by Crippen LogP contribution is 2.30. The van der Waals surface area contributed by atoms with Gasteiger partial charge in [-0.1, -0.05) is 18.7 Å². The molecule has 0 fully saturated rings. The van der Waals surface area contributed by atoms with Crippen LogP contribution in [0.3, 0.4) is 0 Å². The van der Waals surface area contributed by atoms with E-state index in [0.29, 0.717) is 6.61 Å². The first-order valence-electron chi connectivity index (χ1n) is 5.96. The lowest BCUT2D eigenvalue weighted by Gasteiger charge is -2.22. The predicted octanol–water partition coefficient (Wildman–Crippen LogP) is 3.61. The molecule has 0 bridgehead atoms. The largest absolute Gasteiger partial charge is 0.472 e. The van der Waals surface area contributed by atoms with Crippen molar-refractivity contribution in [1.82, 2.24) is 0 Å². The monoisotopic (exact) mass is 234 g/mol. The summed E-state index contributed by atoms with van der Waals surface area (Å²) < 4.78 is 16.7. The normalized spacial score (nSPS) is 25.1. The van der Waals surface area contributed by atoms with E-state index in [1.165, 1.54) is 0 Å². The van der Waals surface area contributed by atoms with Crippen LogP contribution in [0.4, 0.5) is 0 Å². The van der Waals surface area contributed by atoms with Gasteiger partial charge in [0.1, 0.15) is 0 Å². The summed E-state index contributed by atoms with van der Waals surface area (Å²) in [4.78, 5) is 0. The summed E-state index contributed by atoms with van der Waals surface area (Å²) in [6, 6.07) is 1.94. The minimum absolute atomic E-state index is 0.0269. The number of allylic oxidation sites excluding steroid dienone is 1. The maximum atomic E-state index is 5.98. The Morgan fingerprint density at radius 3 is 3.12 bits per heavy atom. The van der Waals surface area contributed by atoms with Gasteiger partial charge in [0.15, 0.2) is 6.29 Å². The standard InChI is InChI=1S/C14H18O3/c1-3-11-6-5-7-13(12-8-9-15-10-12)17-14(11)16-4-2/h3,6,8-10,13-14H,1,4-5,7H2,2H3/t13-,14+/m0/s1. The lowest BCUT2D eigenvalue weighted by molar-refractivity contribution is -0.145. The van der Waals surface area contributed by atoms with Crippen LogP contribution < -0.4 is 0 Å². The zero-order valence-corrected chi connectivity index (χ0v) is 10.1. The minimum atomic E-state index is -0.320. The van der Waals surface area contributed by atoms with Gasteiger partial charge in [0.05, 0.1) is 18.6 Å². The molecule has 3 nitrogen and oxygen atoms in total. The molecule has 0 aliphatic carbocycles. The van der Waals surface area contributed by atoms with E-state index < -0.39 is 0 Å². The van der Waals surface area contributed by atoms with Crippen LogP contribution in [0.1, 0.15) is 31.4 Å². The van der Waals surface area contributed by atoms with Gasteiger partial charge in [0.25, 0.3) is 0 Å². The summed E-state index contributed by atoms with van der Waals surface area (Å²) in [5, 5.41) is 0. The molecule has 0 saturated heterocycles. The maximum absolute atomic E-state index is 5.98. The average Bonchev–Trinajstić information content (AvgIpc) is 2.79. The number of furan rings is 1. The SMILES string of the molecule is C=CC1=CCC[C@@H](c2ccoc2)O[C@H]1OCC. The summed E-state index contributed by atoms with van der Waals surface area (Å²) in [6.45, 7) is 6.38. The molecule has 92 valence electrons. The summed E-state index contributed by atoms with van der Waals surface area (Å²) in [5.74, 6) is 0. The van der Waals surface area contributed by atoms with Crippen molar-refractivity contribution in [1.29, 1.82) is 0 Å². The minimum Gasteiger partial charge on any atom is -0.472 e. The molecule has 1 aromatic heterocycles. The van der Waals surface area contributed by atoms with Crippen molar-refractivity contribution in [3.8, 4) is 0 Å². The van der Waals surface area contributed by atoms with E-state index in [9.17, 15) is 0 Å². The van der Waals surface area contributed by atoms with Crippen LogP contribution in [0, 0.1) is 0 Å². The molecular formula is C14H18O3. The van der Waals surface area contributed by atoms with Crippen LogP contribution in [0.15, 0.2) is 47.3 Å². The molecule has 0 aromatic carbocycles. The highest BCUT2D eigenvalue weighted by atomic mass is 16.7. The van der Waals surface area contributed by atoms with E-state index in [0.717, 1.165) is 24.0 Å². The molecule has 0 unspecified atom stereocenters. The molecule has 0 spiro atoms. The Kier molecular flexibility index (Phi) is 4.18. The van der Waals surface area contributed by atoms with E-state index in [4.69, 9.17) is 13.9 Å². The molecule has 2 atom stereocenters. The first kappa shape index (κ1) is 12.1. The zero-order valence-electron chi connectivity index (χ0n) is 10.1. The number of rotatable bonds is 4. The third kappa shape index (κ3) is 2.87. The predicted molar refractivity (Wildman–Crippen MR) is 65.5 cm³/mol. The van der Waals surface area contributed by atoms with Gasteiger partial charge in [-0.3, -0.25) is 0 Å². The van der Waals surface area contributed by atoms with Crippen molar-refractivity contribution in [3.05, 3.63) is 48.5 Å². The van der Waals surface area contributed by atoms with Gasteiger partial charge in [-0.05, 0) is 25.8 Å². The van der Waals surface area contributed by atoms with Crippen LogP contribution in [0.25, 0.3) is 0 Å². The second kappa shape index (κ2) is 5.84. The summed E-state index contributed by atoms with van der Waals surface area (Å²) in [6.07, 6.45) is 8.93. The van der Waals surface area contributed by atoms with E-state index in [2.05, 4.69) is 12.7 Å². The molecule has 1 aliphatic rings. The van der Waals surface area contributed by atoms with E-state index in [-0.39, 0.29) is 12.4 Å². The Hall–Kier alpha value is -1.32. The molecule has 3 heteroatoms. The molecular weight excluding hydrogens is 216 g/mol. The van der Waals surface area contributed by atoms with Crippen LogP contribution >= 0.6 is 0 Å². The van der Waals surface area contributed by atoms with Crippen molar-refractivity contribution < 1.29 is 13.9 Å². The molecule has 1 aromatic rings. The van der Waals surface area contributed by atoms with Gasteiger partial charge in [0, 0.05) is 17.7 Å². The topological polar surface area (TPSA) is 31.6 Å². The first-order chi connectivity index (χ1) is 8.35. The highest BCUT2D eigenvalue weighted by molar-refractivity contribution is 5.21. The molecule has 0 saturated carbocycles. The van der Waals surface area contributed by atoms with Gasteiger partial charge < -0.3 is 13.9 Å². The van der Waals surface area contributed by atoms with Crippen molar-refractivity contribution in [2.45, 2.75) is 32.2 Å². The van der Waals surface area contributed by atoms with Crippen LogP contribution in [-0.2, 0) is 9.47 Å². The molecule has 0 radical (unpaired) electrons. The van der Waals surface area contributed by atoms with E-state index in [1.807, 2.05) is 13.0 Å². The van der Waals surface area contributed by atoms with Crippen molar-refractivity contribution in [3.63, 3.8) is 0 Å². The van der Waals surface area contributed by atoms with Crippen molar-refractivity contribution >= 4 is 0 Å². The molecule has 1 aliphatic heterocycles. The molecule has 17 heavy (non-hydrogen) atoms. The quantitative estimate of drug-likeness (QED) is 0.797. The highest BCUT2D eigenvalue weighted by Gasteiger charge is 2.23. The number of ether oxygens (including phenoxy) is 2. The third-order valence-electron chi connectivity index (χ3n) is 2.84. The van der Waals surface area contributed by atoms with E-state index in [1.54, 1.807) is 18.6 Å². The number of hydrogen-bond donors (Lipinski definition) is 0. The third-order valence-corrected chi connectivity index (χ3v) is 2.84. The molecule has 2 rings (SSSR count). The summed E-state index contributed by atoms with van der Waals surface area (Å²) in [7, 11) is 0. The maximum Gasteiger partial charge on any atom is 0.184 e. The Labute approximate surface area is 102 Å². The van der Waals surface area contributed by atoms with Crippen molar-refractivity contribution in [2.24, 2.45) is 0 Å². The molecule has 2 heterocycles. The smallest absolute Gasteiger partial charge is 0.184 e. The molecule has 0 amide bonds. The fourth-order valence-electron chi connectivity index (χ4n) is 1.96. The average molecular weight is 234 g/mol. The van der Waals surface area contributed by atoms with Gasteiger partial charge >= 0.3 is 0 Å². The lowest BCUT2D eigenvalue weighted by atomic mass is 10.1. The second-order valence-electron chi connectivity index (χ2n) is 3.95. The Morgan fingerprint density at radius 1 is 1.59 bits per heavy atom. The fraction of sp³-hybridized carbons (Fsp3) is 0.429. The zero-order chi connectivity index (χ0) is 12.1. The van der Waals surface area contributed by atoms with Crippen LogP contribution in [-0.4, -0.2) is 12.9 Å². The number of hydrogen-bond acceptors (Lipinski definition) is 3. The second-order valence-corrected chi connectivity index (χ2v) is 3.95. The lowest BCUT2D eigenvalue weighted by Crippen LogP contribution is -2.20. The summed E-state index contributed by atoms with van der Waals surface area (Å²) >= 11 is 0. The Bertz CT molecular complexity index is 378. The Balaban J connectivity index is 2.12. The first-order valence-corrected chi connectivity index (χ1v) is 5.96. The van der Waals surface area contributed by atoms with Crippen LogP contribution in [0.2, 0.25) is 0 Å². The van der Waals surface area contributed by atoms with Gasteiger partial charge in [0.2, 0.25) is 0 Å². The Morgan fingerprint density at radius 2 is 2.47 bits per heavy atom. The molecule has 0 N–H and O–H groups in total. The van der Waals surface area contributed by atoms with Crippen LogP contribution in [0.5, 0.6) is 0 Å². The van der Waals surface area contributed by atoms with Gasteiger partial charge in [-0.15, -0.1) is 0 Å².